The maximum Gasteiger partial charge on any atom is 0.318 e. The van der Waals surface area contributed by atoms with Gasteiger partial charge in [0.25, 0.3) is 0 Å². The molecule has 0 saturated heterocycles. The van der Waals surface area contributed by atoms with Gasteiger partial charge in [-0.25, -0.2) is 0 Å². The van der Waals surface area contributed by atoms with Crippen LogP contribution in [-0.2, 0) is 9.53 Å². The molecule has 0 aliphatic heterocycles. The van der Waals surface area contributed by atoms with E-state index < -0.39 is 0 Å². The molecule has 3 heteroatoms. The van der Waals surface area contributed by atoms with Gasteiger partial charge in [-0.2, -0.15) is 12.6 Å². The molecule has 0 radical (unpaired) electrons. The van der Waals surface area contributed by atoms with Crippen LogP contribution in [0.5, 0.6) is 0 Å². The molecule has 0 bridgehead atoms. The van der Waals surface area contributed by atoms with Gasteiger partial charge < -0.3 is 4.74 Å². The number of thiol groups is 1. The van der Waals surface area contributed by atoms with Crippen molar-refractivity contribution < 1.29 is 9.53 Å². The molecule has 0 spiro atoms. The number of unbranched alkanes of at least 4 members (excludes halogenated alkanes) is 1. The second-order valence-electron chi connectivity index (χ2n) is 3.68. The van der Waals surface area contributed by atoms with Crippen LogP contribution < -0.4 is 0 Å². The molecule has 0 aromatic carbocycles. The van der Waals surface area contributed by atoms with E-state index in [1.54, 1.807) is 0 Å². The van der Waals surface area contributed by atoms with Gasteiger partial charge in [0.05, 0.1) is 11.9 Å². The Bertz CT molecular complexity index is 146. The van der Waals surface area contributed by atoms with Crippen LogP contribution in [0.1, 0.15) is 40.0 Å². The standard InChI is InChI=1S/C10H20O2S/c1-4-5-6-9(13)10(11)12-7-8(2)3/h8-9,13H,4-7H2,1-3H3. The molecule has 0 aromatic rings. The lowest BCUT2D eigenvalue weighted by atomic mass is 10.2. The van der Waals surface area contributed by atoms with Crippen molar-refractivity contribution >= 4 is 18.6 Å². The lowest BCUT2D eigenvalue weighted by molar-refractivity contribution is -0.144. The van der Waals surface area contributed by atoms with Gasteiger partial charge >= 0.3 is 5.97 Å². The molecule has 13 heavy (non-hydrogen) atoms. The molecule has 2 nitrogen and oxygen atoms in total. The zero-order chi connectivity index (χ0) is 10.3. The van der Waals surface area contributed by atoms with Crippen LogP contribution in [0.15, 0.2) is 0 Å². The van der Waals surface area contributed by atoms with Crippen molar-refractivity contribution in [2.45, 2.75) is 45.3 Å². The number of hydrogen-bond donors (Lipinski definition) is 1. The monoisotopic (exact) mass is 204 g/mol. The summed E-state index contributed by atoms with van der Waals surface area (Å²) in [6, 6.07) is 0. The minimum absolute atomic E-state index is 0.175. The zero-order valence-electron chi connectivity index (χ0n) is 8.75. The Hall–Kier alpha value is -0.180. The molecular formula is C10H20O2S. The van der Waals surface area contributed by atoms with E-state index in [4.69, 9.17) is 4.74 Å². The topological polar surface area (TPSA) is 26.3 Å². The molecular weight excluding hydrogens is 184 g/mol. The average molecular weight is 204 g/mol. The van der Waals surface area contributed by atoms with Crippen molar-refractivity contribution in [2.24, 2.45) is 5.92 Å². The van der Waals surface area contributed by atoms with E-state index in [1.807, 2.05) is 13.8 Å². The molecule has 0 heterocycles. The fourth-order valence-electron chi connectivity index (χ4n) is 0.860. The van der Waals surface area contributed by atoms with Gasteiger partial charge in [0.15, 0.2) is 0 Å². The van der Waals surface area contributed by atoms with Gasteiger partial charge in [-0.15, -0.1) is 0 Å². The van der Waals surface area contributed by atoms with Gasteiger partial charge in [-0.05, 0) is 12.3 Å². The number of carbonyl (C=O) groups is 1. The quantitative estimate of drug-likeness (QED) is 0.532. The lowest BCUT2D eigenvalue weighted by Gasteiger charge is -2.11. The third-order valence-corrected chi connectivity index (χ3v) is 2.13. The number of rotatable bonds is 6. The van der Waals surface area contributed by atoms with Crippen molar-refractivity contribution in [3.63, 3.8) is 0 Å². The Kier molecular flexibility index (Phi) is 7.14. The van der Waals surface area contributed by atoms with E-state index in [-0.39, 0.29) is 11.2 Å². The first-order chi connectivity index (χ1) is 6.07. The summed E-state index contributed by atoms with van der Waals surface area (Å²) < 4.78 is 5.05. The van der Waals surface area contributed by atoms with Gasteiger partial charge in [-0.3, -0.25) is 4.79 Å². The van der Waals surface area contributed by atoms with Crippen molar-refractivity contribution in [2.75, 3.05) is 6.61 Å². The zero-order valence-corrected chi connectivity index (χ0v) is 9.64. The summed E-state index contributed by atoms with van der Waals surface area (Å²) in [5.74, 6) is 0.223. The first-order valence-electron chi connectivity index (χ1n) is 4.92. The van der Waals surface area contributed by atoms with E-state index in [0.717, 1.165) is 19.3 Å². The lowest BCUT2D eigenvalue weighted by Crippen LogP contribution is -2.20. The molecule has 1 atom stereocenters. The fourth-order valence-corrected chi connectivity index (χ4v) is 1.12. The minimum atomic E-state index is -0.237. The highest BCUT2D eigenvalue weighted by Gasteiger charge is 2.14. The fraction of sp³-hybridized carbons (Fsp3) is 0.900. The van der Waals surface area contributed by atoms with Crippen LogP contribution in [0.4, 0.5) is 0 Å². The smallest absolute Gasteiger partial charge is 0.318 e. The molecule has 0 amide bonds. The van der Waals surface area contributed by atoms with Crippen LogP contribution in [0.2, 0.25) is 0 Å². The van der Waals surface area contributed by atoms with Crippen molar-refractivity contribution in [1.82, 2.24) is 0 Å². The summed E-state index contributed by atoms with van der Waals surface area (Å²) in [5, 5.41) is -0.237. The summed E-state index contributed by atoms with van der Waals surface area (Å²) >= 11 is 4.19. The van der Waals surface area contributed by atoms with Gasteiger partial charge in [0.1, 0.15) is 0 Å². The molecule has 0 aliphatic carbocycles. The maximum atomic E-state index is 11.3. The van der Waals surface area contributed by atoms with Crippen molar-refractivity contribution in [3.8, 4) is 0 Å². The Morgan fingerprint density at radius 3 is 2.54 bits per heavy atom. The average Bonchev–Trinajstić information content (AvgIpc) is 2.10. The van der Waals surface area contributed by atoms with Crippen LogP contribution in [0.3, 0.4) is 0 Å². The van der Waals surface area contributed by atoms with E-state index >= 15 is 0 Å². The van der Waals surface area contributed by atoms with Gasteiger partial charge in [-0.1, -0.05) is 33.6 Å². The van der Waals surface area contributed by atoms with Crippen LogP contribution in [-0.4, -0.2) is 17.8 Å². The number of carbonyl (C=O) groups excluding carboxylic acids is 1. The van der Waals surface area contributed by atoms with Crippen LogP contribution in [0.25, 0.3) is 0 Å². The second kappa shape index (κ2) is 7.25. The Labute approximate surface area is 86.5 Å². The second-order valence-corrected chi connectivity index (χ2v) is 4.31. The predicted molar refractivity (Wildman–Crippen MR) is 58.1 cm³/mol. The van der Waals surface area contributed by atoms with Gasteiger partial charge in [0.2, 0.25) is 0 Å². The molecule has 0 rings (SSSR count). The largest absolute Gasteiger partial charge is 0.465 e. The summed E-state index contributed by atoms with van der Waals surface area (Å²) in [6.45, 7) is 6.64. The molecule has 1 unspecified atom stereocenters. The van der Waals surface area contributed by atoms with E-state index in [0.29, 0.717) is 12.5 Å². The third-order valence-electron chi connectivity index (χ3n) is 1.66. The Morgan fingerprint density at radius 2 is 2.08 bits per heavy atom. The number of hydrogen-bond acceptors (Lipinski definition) is 3. The molecule has 0 fully saturated rings. The SMILES string of the molecule is CCCCC(S)C(=O)OCC(C)C. The predicted octanol–water partition coefficient (Wildman–Crippen LogP) is 2.67. The normalized spacial score (nSPS) is 13.0. The first kappa shape index (κ1) is 12.8. The summed E-state index contributed by atoms with van der Waals surface area (Å²) in [6.07, 6.45) is 2.94. The minimum Gasteiger partial charge on any atom is -0.465 e. The maximum absolute atomic E-state index is 11.3. The van der Waals surface area contributed by atoms with E-state index in [9.17, 15) is 4.79 Å². The molecule has 78 valence electrons. The highest BCUT2D eigenvalue weighted by Crippen LogP contribution is 2.09. The number of esters is 1. The third kappa shape index (κ3) is 6.94. The molecule has 0 aliphatic rings. The Morgan fingerprint density at radius 1 is 1.46 bits per heavy atom. The summed E-state index contributed by atoms with van der Waals surface area (Å²) in [5.41, 5.74) is 0. The van der Waals surface area contributed by atoms with Gasteiger partial charge in [0, 0.05) is 0 Å². The van der Waals surface area contributed by atoms with E-state index in [2.05, 4.69) is 19.6 Å². The Balaban J connectivity index is 3.57. The van der Waals surface area contributed by atoms with Crippen molar-refractivity contribution in [3.05, 3.63) is 0 Å². The van der Waals surface area contributed by atoms with E-state index in [1.165, 1.54) is 0 Å². The number of ether oxygens (including phenoxy) is 1. The van der Waals surface area contributed by atoms with Crippen molar-refractivity contribution in [1.29, 1.82) is 0 Å². The molecule has 0 N–H and O–H groups in total. The summed E-state index contributed by atoms with van der Waals surface area (Å²) in [4.78, 5) is 11.3. The first-order valence-corrected chi connectivity index (χ1v) is 5.44. The molecule has 0 aromatic heterocycles. The highest BCUT2D eigenvalue weighted by molar-refractivity contribution is 7.81. The van der Waals surface area contributed by atoms with Crippen LogP contribution in [0, 0.1) is 5.92 Å². The highest BCUT2D eigenvalue weighted by atomic mass is 32.1. The van der Waals surface area contributed by atoms with Crippen LogP contribution >= 0.6 is 12.6 Å². The summed E-state index contributed by atoms with van der Waals surface area (Å²) in [7, 11) is 0. The molecule has 0 saturated carbocycles.